The number of nitrogens with zero attached hydrogens (tertiary/aromatic N) is 1. The average Bonchev–Trinajstić information content (AvgIpc) is 2.76. The lowest BCUT2D eigenvalue weighted by Gasteiger charge is -2.12. The van der Waals surface area contributed by atoms with Gasteiger partial charge in [0.25, 0.3) is 0 Å². The second-order valence-electron chi connectivity index (χ2n) is 3.92. The molecule has 16 heavy (non-hydrogen) atoms. The van der Waals surface area contributed by atoms with Crippen molar-refractivity contribution >= 4 is 27.5 Å². The molecule has 1 fully saturated rings. The number of anilines is 1. The largest absolute Gasteiger partial charge is 0.323 e. The second-order valence-corrected chi connectivity index (χ2v) is 4.84. The normalized spacial score (nSPS) is 19.8. The number of hydrogen-bond donors (Lipinski definition) is 2. The predicted octanol–water partition coefficient (Wildman–Crippen LogP) is 1.84. The molecule has 1 aliphatic rings. The minimum atomic E-state index is -0.0571. The molecular weight excluding hydrogens is 270 g/mol. The molecular formula is C11H14BrN3O. The minimum absolute atomic E-state index is 0.0282. The first kappa shape index (κ1) is 11.5. The zero-order valence-electron chi connectivity index (χ0n) is 9.09. The van der Waals surface area contributed by atoms with Crippen molar-refractivity contribution in [3.05, 3.63) is 22.4 Å². The number of aryl methyl sites for hydroxylation is 1. The maximum atomic E-state index is 11.9. The van der Waals surface area contributed by atoms with Crippen LogP contribution in [0.4, 0.5) is 5.69 Å². The van der Waals surface area contributed by atoms with Gasteiger partial charge in [-0.15, -0.1) is 0 Å². The first-order chi connectivity index (χ1) is 7.66. The molecule has 2 N–H and O–H groups in total. The predicted molar refractivity (Wildman–Crippen MR) is 66.3 cm³/mol. The van der Waals surface area contributed by atoms with Crippen molar-refractivity contribution in [2.45, 2.75) is 25.8 Å². The van der Waals surface area contributed by atoms with Crippen molar-refractivity contribution in [3.63, 3.8) is 0 Å². The van der Waals surface area contributed by atoms with Gasteiger partial charge in [-0.05, 0) is 48.3 Å². The van der Waals surface area contributed by atoms with Crippen LogP contribution in [0.15, 0.2) is 16.7 Å². The molecule has 1 aromatic heterocycles. The number of carbonyl (C=O) groups excluding carboxylic acids is 1. The molecule has 0 spiro atoms. The monoisotopic (exact) mass is 283 g/mol. The molecule has 1 aromatic rings. The lowest BCUT2D eigenvalue weighted by molar-refractivity contribution is -0.117. The highest BCUT2D eigenvalue weighted by Crippen LogP contribution is 2.19. The maximum Gasteiger partial charge on any atom is 0.241 e. The first-order valence-electron chi connectivity index (χ1n) is 5.33. The van der Waals surface area contributed by atoms with E-state index in [1.165, 1.54) is 0 Å². The fraction of sp³-hybridized carbons (Fsp3) is 0.455. The summed E-state index contributed by atoms with van der Waals surface area (Å²) in [5.74, 6) is 0.0282. The molecule has 1 saturated heterocycles. The molecule has 1 amide bonds. The van der Waals surface area contributed by atoms with Crippen LogP contribution in [0.25, 0.3) is 0 Å². The summed E-state index contributed by atoms with van der Waals surface area (Å²) in [4.78, 5) is 16.0. The van der Waals surface area contributed by atoms with Crippen molar-refractivity contribution in [2.75, 3.05) is 11.9 Å². The summed E-state index contributed by atoms with van der Waals surface area (Å²) in [7, 11) is 0. The fourth-order valence-electron chi connectivity index (χ4n) is 1.76. The van der Waals surface area contributed by atoms with E-state index in [2.05, 4.69) is 31.5 Å². The number of amides is 1. The van der Waals surface area contributed by atoms with Crippen LogP contribution < -0.4 is 10.6 Å². The lowest BCUT2D eigenvalue weighted by atomic mass is 10.2. The van der Waals surface area contributed by atoms with E-state index in [1.807, 2.05) is 13.0 Å². The molecule has 0 saturated carbocycles. The average molecular weight is 284 g/mol. The van der Waals surface area contributed by atoms with Gasteiger partial charge >= 0.3 is 0 Å². The summed E-state index contributed by atoms with van der Waals surface area (Å²) in [6.45, 7) is 2.80. The van der Waals surface area contributed by atoms with Crippen LogP contribution in [0.3, 0.4) is 0 Å². The van der Waals surface area contributed by atoms with Crippen LogP contribution in [0.5, 0.6) is 0 Å². The molecule has 2 rings (SSSR count). The number of pyridine rings is 1. The topological polar surface area (TPSA) is 54.0 Å². The van der Waals surface area contributed by atoms with Crippen LogP contribution in [-0.2, 0) is 4.79 Å². The first-order valence-corrected chi connectivity index (χ1v) is 6.12. The Kier molecular flexibility index (Phi) is 3.56. The van der Waals surface area contributed by atoms with E-state index >= 15 is 0 Å². The SMILES string of the molecule is Cc1ncc(Br)cc1NC(=O)C1CCCN1. The van der Waals surface area contributed by atoms with Gasteiger partial charge in [0.1, 0.15) is 0 Å². The van der Waals surface area contributed by atoms with E-state index in [0.717, 1.165) is 35.2 Å². The molecule has 1 atom stereocenters. The minimum Gasteiger partial charge on any atom is -0.323 e. The number of nitrogens with one attached hydrogen (secondary N) is 2. The molecule has 4 nitrogen and oxygen atoms in total. The van der Waals surface area contributed by atoms with Gasteiger partial charge in [0.15, 0.2) is 0 Å². The number of halogens is 1. The summed E-state index contributed by atoms with van der Waals surface area (Å²) >= 11 is 3.34. The Morgan fingerprint density at radius 1 is 1.69 bits per heavy atom. The molecule has 0 aliphatic carbocycles. The number of hydrogen-bond acceptors (Lipinski definition) is 3. The van der Waals surface area contributed by atoms with E-state index in [4.69, 9.17) is 0 Å². The molecule has 0 radical (unpaired) electrons. The van der Waals surface area contributed by atoms with Gasteiger partial charge in [-0.1, -0.05) is 0 Å². The van der Waals surface area contributed by atoms with Crippen LogP contribution in [0.2, 0.25) is 0 Å². The smallest absolute Gasteiger partial charge is 0.241 e. The third kappa shape index (κ3) is 2.59. The van der Waals surface area contributed by atoms with Crippen molar-refractivity contribution < 1.29 is 4.79 Å². The van der Waals surface area contributed by atoms with Gasteiger partial charge in [0, 0.05) is 10.7 Å². The van der Waals surface area contributed by atoms with Gasteiger partial charge in [-0.3, -0.25) is 9.78 Å². The van der Waals surface area contributed by atoms with Gasteiger partial charge in [-0.25, -0.2) is 0 Å². The standard InChI is InChI=1S/C11H14BrN3O/c1-7-10(5-8(12)6-14-7)15-11(16)9-3-2-4-13-9/h5-6,9,13H,2-4H2,1H3,(H,15,16). The van der Waals surface area contributed by atoms with Crippen molar-refractivity contribution in [1.82, 2.24) is 10.3 Å². The van der Waals surface area contributed by atoms with Crippen LogP contribution in [0, 0.1) is 6.92 Å². The maximum absolute atomic E-state index is 11.9. The third-order valence-corrected chi connectivity index (χ3v) is 3.12. The van der Waals surface area contributed by atoms with Crippen LogP contribution >= 0.6 is 15.9 Å². The van der Waals surface area contributed by atoms with Crippen LogP contribution in [-0.4, -0.2) is 23.5 Å². The molecule has 0 bridgehead atoms. The highest BCUT2D eigenvalue weighted by Gasteiger charge is 2.22. The quantitative estimate of drug-likeness (QED) is 0.871. The summed E-state index contributed by atoms with van der Waals surface area (Å²) in [6.07, 6.45) is 3.69. The molecule has 86 valence electrons. The lowest BCUT2D eigenvalue weighted by Crippen LogP contribution is -2.35. The highest BCUT2D eigenvalue weighted by molar-refractivity contribution is 9.10. The van der Waals surface area contributed by atoms with Crippen LogP contribution in [0.1, 0.15) is 18.5 Å². The Hall–Kier alpha value is -0.940. The summed E-state index contributed by atoms with van der Waals surface area (Å²) in [5, 5.41) is 6.07. The van der Waals surface area contributed by atoms with E-state index in [0.29, 0.717) is 0 Å². The van der Waals surface area contributed by atoms with Gasteiger partial charge in [-0.2, -0.15) is 0 Å². The molecule has 0 aromatic carbocycles. The van der Waals surface area contributed by atoms with Crippen molar-refractivity contribution in [1.29, 1.82) is 0 Å². The summed E-state index contributed by atoms with van der Waals surface area (Å²) < 4.78 is 0.868. The van der Waals surface area contributed by atoms with E-state index in [9.17, 15) is 4.79 Å². The van der Waals surface area contributed by atoms with E-state index in [1.54, 1.807) is 6.20 Å². The van der Waals surface area contributed by atoms with Gasteiger partial charge < -0.3 is 10.6 Å². The molecule has 1 unspecified atom stereocenters. The van der Waals surface area contributed by atoms with Crippen molar-refractivity contribution in [2.24, 2.45) is 0 Å². The van der Waals surface area contributed by atoms with Gasteiger partial charge in [0.05, 0.1) is 17.4 Å². The second kappa shape index (κ2) is 4.93. The molecule has 5 heteroatoms. The number of aromatic nitrogens is 1. The zero-order chi connectivity index (χ0) is 11.5. The fourth-order valence-corrected chi connectivity index (χ4v) is 2.09. The number of rotatable bonds is 2. The van der Waals surface area contributed by atoms with Crippen molar-refractivity contribution in [3.8, 4) is 0 Å². The molecule has 1 aliphatic heterocycles. The zero-order valence-corrected chi connectivity index (χ0v) is 10.7. The Bertz CT molecular complexity index is 402. The Labute approximate surface area is 103 Å². The Balaban J connectivity index is 2.07. The Morgan fingerprint density at radius 2 is 2.50 bits per heavy atom. The number of carbonyl (C=O) groups is 1. The molecule has 2 heterocycles. The summed E-state index contributed by atoms with van der Waals surface area (Å²) in [5.41, 5.74) is 1.60. The van der Waals surface area contributed by atoms with E-state index < -0.39 is 0 Å². The van der Waals surface area contributed by atoms with Gasteiger partial charge in [0.2, 0.25) is 5.91 Å². The summed E-state index contributed by atoms with van der Waals surface area (Å²) in [6, 6.07) is 1.81. The Morgan fingerprint density at radius 3 is 3.19 bits per heavy atom. The highest BCUT2D eigenvalue weighted by atomic mass is 79.9. The third-order valence-electron chi connectivity index (χ3n) is 2.69. The van der Waals surface area contributed by atoms with E-state index in [-0.39, 0.29) is 11.9 Å².